The molecule has 18 N–H and O–H groups in total. The first kappa shape index (κ1) is 71.0. The summed E-state index contributed by atoms with van der Waals surface area (Å²) in [5.41, 5.74) is 2.26. The molecule has 27 atom stereocenters. The highest BCUT2D eigenvalue weighted by Crippen LogP contribution is 2.49. The molecule has 2 unspecified atom stereocenters. The van der Waals surface area contributed by atoms with Crippen LogP contribution in [0.4, 0.5) is 4.79 Å². The number of hydrogen-bond donors (Lipinski definition) is 17. The zero-order valence-corrected chi connectivity index (χ0v) is 47.0. The molecule has 41 heteroatoms. The number of carboxylic acid groups (broad SMARTS) is 2. The summed E-state index contributed by atoms with van der Waals surface area (Å²) in [6.07, 6.45) is -52.2. The van der Waals surface area contributed by atoms with Gasteiger partial charge in [0.05, 0.1) is 25.9 Å². The fourth-order valence-corrected chi connectivity index (χ4v) is 10.9. The second-order valence-electron chi connectivity index (χ2n) is 20.8. The van der Waals surface area contributed by atoms with Gasteiger partial charge in [-0.2, -0.15) is 0 Å². The Morgan fingerprint density at radius 1 is 0.713 bits per heavy atom. The Hall–Kier alpha value is -5.06. The Morgan fingerprint density at radius 2 is 1.25 bits per heavy atom. The van der Waals surface area contributed by atoms with Gasteiger partial charge in [0.1, 0.15) is 110 Å². The van der Waals surface area contributed by atoms with E-state index in [1.165, 1.54) is 6.92 Å². The fourth-order valence-electron chi connectivity index (χ4n) is 10.1. The highest BCUT2D eigenvalue weighted by Gasteiger charge is 2.63. The molecule has 494 valence electrons. The average molecular weight is 1290 g/mol. The topological polar surface area (TPSA) is 616 Å². The molecule has 1 aliphatic carbocycles. The van der Waals surface area contributed by atoms with Gasteiger partial charge in [0.25, 0.3) is 5.91 Å². The number of phosphoric ester groups is 1. The third kappa shape index (κ3) is 16.7. The minimum atomic E-state index is -5.87. The number of Topliss-reactive ketones (excluding diaryl/α,β-unsaturated/α-hetero) is 2. The number of aliphatic carboxylic acids is 2. The van der Waals surface area contributed by atoms with Gasteiger partial charge in [-0.25, -0.2) is 18.9 Å². The number of amides is 4. The van der Waals surface area contributed by atoms with Crippen molar-refractivity contribution in [2.45, 2.75) is 206 Å². The number of ether oxygens (including phenoxy) is 11. The number of phosphoric acid groups is 1. The zero-order valence-electron chi connectivity index (χ0n) is 46.1. The van der Waals surface area contributed by atoms with E-state index in [2.05, 4.69) is 16.0 Å². The van der Waals surface area contributed by atoms with Gasteiger partial charge < -0.3 is 145 Å². The van der Waals surface area contributed by atoms with E-state index >= 15 is 0 Å². The Bertz CT molecular complexity index is 2520. The van der Waals surface area contributed by atoms with E-state index in [0.29, 0.717) is 6.92 Å². The van der Waals surface area contributed by atoms with E-state index in [0.717, 1.165) is 13.8 Å². The van der Waals surface area contributed by atoms with E-state index in [-0.39, 0.29) is 19.1 Å². The van der Waals surface area contributed by atoms with Crippen molar-refractivity contribution in [3.63, 3.8) is 0 Å². The lowest BCUT2D eigenvalue weighted by atomic mass is 9.85. The number of nitrogens with two attached hydrogens (primary N) is 1. The van der Waals surface area contributed by atoms with Crippen LogP contribution in [-0.4, -0.2) is 311 Å². The number of carbonyl (C=O) groups excluding carboxylic acids is 7. The average Bonchev–Trinajstić information content (AvgIpc) is 1.34. The number of carboxylic acids is 2. The Balaban J connectivity index is 1.36. The normalized spacial score (nSPS) is 41.1. The lowest BCUT2D eigenvalue weighted by molar-refractivity contribution is -0.375. The first-order valence-electron chi connectivity index (χ1n) is 26.3. The molecule has 6 rings (SSSR count). The largest absolute Gasteiger partial charge is 0.479 e. The summed E-state index contributed by atoms with van der Waals surface area (Å²) < 4.78 is 85.6. The fraction of sp³-hybridized carbons (Fsp3) is 0.804. The predicted molar refractivity (Wildman–Crippen MR) is 264 cm³/mol. The molecular weight excluding hydrogens is 1220 g/mol. The highest BCUT2D eigenvalue weighted by molar-refractivity contribution is 7.47. The molecule has 5 aliphatic heterocycles. The first-order chi connectivity index (χ1) is 40.6. The molecule has 0 aromatic rings. The number of ketones is 2. The van der Waals surface area contributed by atoms with E-state index in [1.807, 2.05) is 0 Å². The van der Waals surface area contributed by atoms with E-state index in [1.54, 1.807) is 0 Å². The molecule has 5 saturated heterocycles. The van der Waals surface area contributed by atoms with Crippen LogP contribution in [0.5, 0.6) is 0 Å². The third-order valence-corrected chi connectivity index (χ3v) is 15.4. The molecule has 40 nitrogen and oxygen atoms in total. The highest BCUT2D eigenvalue weighted by atomic mass is 31.2. The van der Waals surface area contributed by atoms with Crippen molar-refractivity contribution < 1.29 is 175 Å². The number of rotatable bonds is 25. The summed E-state index contributed by atoms with van der Waals surface area (Å²) in [6, 6.07) is -5.67. The zero-order chi connectivity index (χ0) is 64.9. The van der Waals surface area contributed by atoms with Gasteiger partial charge in [-0.15, -0.1) is 0 Å². The van der Waals surface area contributed by atoms with Crippen LogP contribution in [0.1, 0.15) is 40.5 Å². The molecule has 0 aromatic heterocycles. The van der Waals surface area contributed by atoms with E-state index in [9.17, 15) is 114 Å². The monoisotopic (exact) mass is 1280 g/mol. The smallest absolute Gasteiger partial charge is 0.474 e. The quantitative estimate of drug-likeness (QED) is 0.0229. The van der Waals surface area contributed by atoms with Crippen LogP contribution in [-0.2, 0) is 104 Å². The molecule has 0 radical (unpaired) electrons. The van der Waals surface area contributed by atoms with Crippen molar-refractivity contribution in [2.75, 3.05) is 26.4 Å². The van der Waals surface area contributed by atoms with Crippen molar-refractivity contribution in [2.24, 2.45) is 5.73 Å². The van der Waals surface area contributed by atoms with Gasteiger partial charge in [0.2, 0.25) is 11.8 Å². The summed E-state index contributed by atoms with van der Waals surface area (Å²) >= 11 is 0. The van der Waals surface area contributed by atoms with Crippen molar-refractivity contribution in [3.05, 3.63) is 0 Å². The lowest BCUT2D eigenvalue weighted by Crippen LogP contribution is -2.72. The summed E-state index contributed by atoms with van der Waals surface area (Å²) in [7, 11) is -5.87. The summed E-state index contributed by atoms with van der Waals surface area (Å²) in [5.74, 6) is -8.56. The van der Waals surface area contributed by atoms with Crippen LogP contribution in [0.15, 0.2) is 0 Å². The second kappa shape index (κ2) is 29.7. The number of nitrogens with one attached hydrogen (secondary N) is 3. The maximum absolute atomic E-state index is 13.5. The van der Waals surface area contributed by atoms with Gasteiger partial charge in [0, 0.05) is 26.7 Å². The molecule has 6 aliphatic rings. The van der Waals surface area contributed by atoms with Gasteiger partial charge in [0.15, 0.2) is 73.5 Å². The van der Waals surface area contributed by atoms with E-state index in [4.69, 9.17) is 66.9 Å². The van der Waals surface area contributed by atoms with Crippen molar-refractivity contribution >= 4 is 61.4 Å². The molecular formula is C46H69N4O36P. The Labute approximate surface area is 489 Å². The van der Waals surface area contributed by atoms with Crippen LogP contribution in [0, 0.1) is 0 Å². The maximum atomic E-state index is 13.5. The van der Waals surface area contributed by atoms with Crippen molar-refractivity contribution in [1.82, 2.24) is 16.0 Å². The molecule has 0 spiro atoms. The molecule has 1 saturated carbocycles. The van der Waals surface area contributed by atoms with Crippen LogP contribution < -0.4 is 21.7 Å². The predicted octanol–water partition coefficient (Wildman–Crippen LogP) is -10.8. The van der Waals surface area contributed by atoms with Crippen molar-refractivity contribution in [3.8, 4) is 0 Å². The van der Waals surface area contributed by atoms with E-state index < -0.39 is 247 Å². The molecule has 0 bridgehead atoms. The Kier molecular flexibility index (Phi) is 24.3. The van der Waals surface area contributed by atoms with Gasteiger partial charge >= 0.3 is 25.9 Å². The van der Waals surface area contributed by atoms with Crippen LogP contribution in [0.3, 0.4) is 0 Å². The standard InChI is InChI=1S/C46H69N4O36P/c1-12-31(80-43-30(64)27(61)28(62)33(82-43)37(65)50-20-15(55)5-6-16(20)56)24(58)21(48-13(2)53)40(77-12)81-32-18(10-75-42-29(63)26(60)23(57)17(9-52)78-42)79-41(22(25(32)59)49-14(3)54)83-34-35(85-45(47)70)46(4,71)36(39(68)69)84-44(34)86-87(72,73)76-11-19(38(66)67)74-8-7-51/h7,12,17-36,40-44,52,57-64,71H,5-6,8-11H2,1-4H3,(H2,47,70)(H,48,53)(H,49,54)(H,50,65)(H,66,67)(H,68,69)(H,72,73)/t12-,17-,18-,19+,21-,22-,23-,24-,25-,26+,27+,28-,29-,30-,31-,32-,33+,34?,35-,36-,40+,41+,42-,43-,44-,46+/m1/s1. The number of hydrogen-bond acceptors (Lipinski definition) is 33. The SMILES string of the molecule is CC(=O)N[C@H]1[C@H](O[C@H]2[C@H](O)[C@@H](NC(C)=O)[C@H](OC3[C@@H](OP(=O)(O)OC[C@H](OCC=O)C(=O)O)O[C@H](C(=O)O)[C@@](C)(O)[C@@H]3OC(N)=O)O[C@@H]2CO[C@@H]2O[C@H](CO)[C@@H](O)[C@H](O)[C@H]2O)O[C@H](C)[C@@H](O[C@@H]2O[C@H](C(=O)NC3C(=O)CCC3=O)[C@H](O)[C@H](O)[C@H]2O)[C@@H]1O. The van der Waals surface area contributed by atoms with Crippen LogP contribution in [0.2, 0.25) is 0 Å². The van der Waals surface area contributed by atoms with Gasteiger partial charge in [-0.3, -0.25) is 33.0 Å². The third-order valence-electron chi connectivity index (χ3n) is 14.4. The maximum Gasteiger partial charge on any atom is 0.474 e. The molecule has 87 heavy (non-hydrogen) atoms. The molecule has 0 aromatic carbocycles. The molecule has 4 amide bonds. The van der Waals surface area contributed by atoms with Crippen molar-refractivity contribution in [1.29, 1.82) is 0 Å². The minimum Gasteiger partial charge on any atom is -0.479 e. The van der Waals surface area contributed by atoms with Gasteiger partial charge in [-0.05, 0) is 13.8 Å². The molecule has 6 fully saturated rings. The summed E-state index contributed by atoms with van der Waals surface area (Å²) in [4.78, 5) is 122. The number of aliphatic hydroxyl groups excluding tert-OH is 9. The first-order valence-corrected chi connectivity index (χ1v) is 27.8. The lowest BCUT2D eigenvalue weighted by Gasteiger charge is -2.51. The number of aldehydes is 1. The minimum absolute atomic E-state index is 0.113. The number of carbonyl (C=O) groups is 9. The van der Waals surface area contributed by atoms with Crippen LogP contribution >= 0.6 is 7.82 Å². The second-order valence-corrected chi connectivity index (χ2v) is 22.2. The molecule has 5 heterocycles. The number of primary amides is 1. The summed E-state index contributed by atoms with van der Waals surface area (Å²) in [5, 5.41) is 137. The van der Waals surface area contributed by atoms with Gasteiger partial charge in [-0.1, -0.05) is 0 Å². The summed E-state index contributed by atoms with van der Waals surface area (Å²) in [6.45, 7) is -0.680. The number of aliphatic hydroxyl groups is 10. The van der Waals surface area contributed by atoms with Crippen LogP contribution in [0.25, 0.3) is 0 Å². The Morgan fingerprint density at radius 3 is 1.80 bits per heavy atom.